The zero-order chi connectivity index (χ0) is 17.1. The van der Waals surface area contributed by atoms with Crippen LogP contribution in [0, 0.1) is 6.92 Å². The highest BCUT2D eigenvalue weighted by molar-refractivity contribution is 5.06. The van der Waals surface area contributed by atoms with E-state index in [9.17, 15) is 0 Å². The molecule has 1 spiro atoms. The Hall–Kier alpha value is -0.920. The highest BCUT2D eigenvalue weighted by atomic mass is 16.6. The van der Waals surface area contributed by atoms with Crippen LogP contribution < -0.4 is 0 Å². The van der Waals surface area contributed by atoms with Gasteiger partial charge in [-0.15, -0.1) is 0 Å². The van der Waals surface area contributed by atoms with Crippen molar-refractivity contribution in [3.63, 3.8) is 0 Å². The molecule has 1 aromatic heterocycles. The molecule has 6 nitrogen and oxygen atoms in total. The Labute approximate surface area is 150 Å². The number of ether oxygens (including phenoxy) is 3. The van der Waals surface area contributed by atoms with Crippen molar-refractivity contribution in [2.24, 2.45) is 0 Å². The first-order chi connectivity index (χ1) is 12.2. The van der Waals surface area contributed by atoms with Gasteiger partial charge in [0.2, 0.25) is 0 Å². The van der Waals surface area contributed by atoms with Gasteiger partial charge in [-0.1, -0.05) is 0 Å². The quantitative estimate of drug-likeness (QED) is 0.823. The predicted molar refractivity (Wildman–Crippen MR) is 93.6 cm³/mol. The molecular weight excluding hydrogens is 320 g/mol. The maximum absolute atomic E-state index is 6.57. The molecule has 3 fully saturated rings. The third-order valence-corrected chi connectivity index (χ3v) is 5.51. The summed E-state index contributed by atoms with van der Waals surface area (Å²) < 4.78 is 23.7. The molecular formula is C19H30N2O4. The second kappa shape index (κ2) is 7.76. The summed E-state index contributed by atoms with van der Waals surface area (Å²) in [6.07, 6.45) is 2.51. The fraction of sp³-hybridized carbons (Fsp3) is 0.789. The van der Waals surface area contributed by atoms with Crippen LogP contribution in [-0.4, -0.2) is 80.7 Å². The summed E-state index contributed by atoms with van der Waals surface area (Å²) in [6.45, 7) is 10.9. The van der Waals surface area contributed by atoms with Crippen molar-refractivity contribution in [2.75, 3.05) is 59.2 Å². The van der Waals surface area contributed by atoms with Crippen LogP contribution >= 0.6 is 0 Å². The van der Waals surface area contributed by atoms with E-state index in [2.05, 4.69) is 15.9 Å². The van der Waals surface area contributed by atoms with Gasteiger partial charge in [0, 0.05) is 32.7 Å². The normalized spacial score (nSPS) is 32.3. The average Bonchev–Trinajstić information content (AvgIpc) is 3.12. The van der Waals surface area contributed by atoms with Gasteiger partial charge in [0.15, 0.2) is 0 Å². The van der Waals surface area contributed by atoms with Crippen molar-refractivity contribution in [1.82, 2.24) is 9.80 Å². The monoisotopic (exact) mass is 350 g/mol. The van der Waals surface area contributed by atoms with Crippen LogP contribution in [0.4, 0.5) is 0 Å². The number of hydrogen-bond acceptors (Lipinski definition) is 6. The number of hydrogen-bond donors (Lipinski definition) is 0. The predicted octanol–water partition coefficient (Wildman–Crippen LogP) is 1.67. The summed E-state index contributed by atoms with van der Waals surface area (Å²) in [5.74, 6) is 2.00. The largest absolute Gasteiger partial charge is 0.465 e. The molecule has 0 amide bonds. The van der Waals surface area contributed by atoms with Crippen molar-refractivity contribution in [3.8, 4) is 0 Å². The molecule has 4 rings (SSSR count). The van der Waals surface area contributed by atoms with Crippen LogP contribution in [-0.2, 0) is 20.8 Å². The van der Waals surface area contributed by atoms with E-state index in [-0.39, 0.29) is 5.60 Å². The maximum atomic E-state index is 6.57. The Kier molecular flexibility index (Phi) is 5.43. The van der Waals surface area contributed by atoms with E-state index < -0.39 is 0 Å². The maximum Gasteiger partial charge on any atom is 0.118 e. The minimum atomic E-state index is -0.158. The van der Waals surface area contributed by atoms with E-state index in [4.69, 9.17) is 18.6 Å². The van der Waals surface area contributed by atoms with E-state index >= 15 is 0 Å². The smallest absolute Gasteiger partial charge is 0.118 e. The second-order valence-electron chi connectivity index (χ2n) is 7.65. The van der Waals surface area contributed by atoms with Crippen LogP contribution in [0.1, 0.15) is 24.4 Å². The van der Waals surface area contributed by atoms with Gasteiger partial charge in [-0.2, -0.15) is 0 Å². The minimum Gasteiger partial charge on any atom is -0.465 e. The van der Waals surface area contributed by atoms with Gasteiger partial charge in [0.1, 0.15) is 17.1 Å². The van der Waals surface area contributed by atoms with Gasteiger partial charge in [0.25, 0.3) is 0 Å². The van der Waals surface area contributed by atoms with Crippen LogP contribution in [0.2, 0.25) is 0 Å². The highest BCUT2D eigenvalue weighted by Crippen LogP contribution is 2.34. The molecule has 25 heavy (non-hydrogen) atoms. The standard InChI is InChI=1S/C19H30N2O4/c1-16-2-3-17(24-16)12-21-8-11-23-15-19(14-21)5-4-18(25-19)13-20-6-9-22-10-7-20/h2-3,18H,4-15H2,1H3. The first-order valence-electron chi connectivity index (χ1n) is 9.54. The van der Waals surface area contributed by atoms with Gasteiger partial charge in [0.05, 0.1) is 39.1 Å². The van der Waals surface area contributed by atoms with E-state index in [1.807, 2.05) is 13.0 Å². The summed E-state index contributed by atoms with van der Waals surface area (Å²) in [4.78, 5) is 4.89. The number of nitrogens with zero attached hydrogens (tertiary/aromatic N) is 2. The van der Waals surface area contributed by atoms with E-state index in [0.29, 0.717) is 12.7 Å². The van der Waals surface area contributed by atoms with Gasteiger partial charge in [-0.25, -0.2) is 0 Å². The first-order valence-corrected chi connectivity index (χ1v) is 9.54. The number of morpholine rings is 1. The van der Waals surface area contributed by atoms with Crippen molar-refractivity contribution in [3.05, 3.63) is 23.7 Å². The average molecular weight is 350 g/mol. The summed E-state index contributed by atoms with van der Waals surface area (Å²) in [7, 11) is 0. The van der Waals surface area contributed by atoms with Gasteiger partial charge in [-0.3, -0.25) is 9.80 Å². The molecule has 3 aliphatic heterocycles. The molecule has 0 aromatic carbocycles. The van der Waals surface area contributed by atoms with Gasteiger partial charge < -0.3 is 18.6 Å². The molecule has 0 saturated carbocycles. The fourth-order valence-corrected chi connectivity index (χ4v) is 4.23. The van der Waals surface area contributed by atoms with Gasteiger partial charge in [-0.05, 0) is 31.9 Å². The summed E-state index contributed by atoms with van der Waals surface area (Å²) in [5.41, 5.74) is -0.158. The van der Waals surface area contributed by atoms with Crippen LogP contribution in [0.5, 0.6) is 0 Å². The van der Waals surface area contributed by atoms with Crippen LogP contribution in [0.15, 0.2) is 16.5 Å². The van der Waals surface area contributed by atoms with Crippen molar-refractivity contribution in [1.29, 1.82) is 0 Å². The summed E-state index contributed by atoms with van der Waals surface area (Å²) in [5, 5.41) is 0. The molecule has 3 saturated heterocycles. The zero-order valence-electron chi connectivity index (χ0n) is 15.2. The minimum absolute atomic E-state index is 0.158. The second-order valence-corrected chi connectivity index (χ2v) is 7.65. The fourth-order valence-electron chi connectivity index (χ4n) is 4.23. The lowest BCUT2D eigenvalue weighted by Crippen LogP contribution is -2.46. The Bertz CT molecular complexity index is 557. The molecule has 6 heteroatoms. The first kappa shape index (κ1) is 17.5. The molecule has 140 valence electrons. The van der Waals surface area contributed by atoms with E-state index in [1.54, 1.807) is 0 Å². The lowest BCUT2D eigenvalue weighted by Gasteiger charge is -2.33. The molecule has 0 aliphatic carbocycles. The molecule has 2 unspecified atom stereocenters. The summed E-state index contributed by atoms with van der Waals surface area (Å²) in [6, 6.07) is 4.11. The molecule has 3 aliphatic rings. The zero-order valence-corrected chi connectivity index (χ0v) is 15.2. The molecule has 4 heterocycles. The lowest BCUT2D eigenvalue weighted by molar-refractivity contribution is -0.0969. The van der Waals surface area contributed by atoms with Crippen LogP contribution in [0.3, 0.4) is 0 Å². The molecule has 0 N–H and O–H groups in total. The Morgan fingerprint density at radius 3 is 2.68 bits per heavy atom. The molecule has 0 bridgehead atoms. The van der Waals surface area contributed by atoms with Crippen molar-refractivity contribution >= 4 is 0 Å². The molecule has 0 radical (unpaired) electrons. The summed E-state index contributed by atoms with van der Waals surface area (Å²) >= 11 is 0. The Morgan fingerprint density at radius 2 is 1.88 bits per heavy atom. The third kappa shape index (κ3) is 4.44. The topological polar surface area (TPSA) is 47.3 Å². The SMILES string of the molecule is Cc1ccc(CN2CCOCC3(CCC(CN4CCOCC4)O3)C2)o1. The third-order valence-electron chi connectivity index (χ3n) is 5.51. The van der Waals surface area contributed by atoms with Crippen LogP contribution in [0.25, 0.3) is 0 Å². The van der Waals surface area contributed by atoms with E-state index in [0.717, 1.165) is 83.5 Å². The number of rotatable bonds is 4. The van der Waals surface area contributed by atoms with Gasteiger partial charge >= 0.3 is 0 Å². The lowest BCUT2D eigenvalue weighted by atomic mass is 10.00. The number of aryl methyl sites for hydroxylation is 1. The molecule has 2 atom stereocenters. The highest BCUT2D eigenvalue weighted by Gasteiger charge is 2.43. The Morgan fingerprint density at radius 1 is 1.08 bits per heavy atom. The van der Waals surface area contributed by atoms with Crippen molar-refractivity contribution < 1.29 is 18.6 Å². The number of furan rings is 1. The van der Waals surface area contributed by atoms with Crippen molar-refractivity contribution in [2.45, 2.75) is 38.0 Å². The Balaban J connectivity index is 1.35. The van der Waals surface area contributed by atoms with E-state index in [1.165, 1.54) is 0 Å². The molecule has 1 aromatic rings.